The van der Waals surface area contributed by atoms with Crippen LogP contribution in [0.4, 0.5) is 11.4 Å². The second-order valence-corrected chi connectivity index (χ2v) is 6.47. The highest BCUT2D eigenvalue weighted by Gasteiger charge is 2.29. The quantitative estimate of drug-likeness (QED) is 0.613. The van der Waals surface area contributed by atoms with Crippen molar-refractivity contribution >= 4 is 40.6 Å². The smallest absolute Gasteiger partial charge is 0.338 e. The van der Waals surface area contributed by atoms with E-state index in [9.17, 15) is 9.59 Å². The number of ether oxygens (including phenoxy) is 1. The Morgan fingerprint density at radius 2 is 1.92 bits per heavy atom. The fourth-order valence-electron chi connectivity index (χ4n) is 2.66. The number of amides is 1. The van der Waals surface area contributed by atoms with Crippen LogP contribution in [0.5, 0.6) is 0 Å². The molecule has 0 aromatic heterocycles. The standard InChI is InChI=1S/C20H19ClN2O3/c1-3-4-11-26-20(25)13-6-8-14(9-7-13)22-18-16-15(21)10-5-12(2)17(16)23-19(18)24/h5-10H,3-4,11H2,1-2H3,(H,22,23,24). The van der Waals surface area contributed by atoms with E-state index in [2.05, 4.69) is 10.3 Å². The second-order valence-electron chi connectivity index (χ2n) is 6.07. The van der Waals surface area contributed by atoms with E-state index in [1.165, 1.54) is 0 Å². The Morgan fingerprint density at radius 1 is 1.19 bits per heavy atom. The first-order chi connectivity index (χ1) is 12.5. The van der Waals surface area contributed by atoms with Gasteiger partial charge in [-0.15, -0.1) is 0 Å². The van der Waals surface area contributed by atoms with E-state index in [0.717, 1.165) is 18.4 Å². The molecule has 0 spiro atoms. The van der Waals surface area contributed by atoms with Gasteiger partial charge in [0.05, 0.1) is 28.6 Å². The lowest BCUT2D eigenvalue weighted by Crippen LogP contribution is -2.14. The molecule has 0 saturated carbocycles. The normalized spacial score (nSPS) is 14.3. The molecule has 1 aliphatic rings. The van der Waals surface area contributed by atoms with Gasteiger partial charge >= 0.3 is 5.97 Å². The van der Waals surface area contributed by atoms with Gasteiger partial charge in [0.15, 0.2) is 0 Å². The molecule has 3 rings (SSSR count). The zero-order valence-corrected chi connectivity index (χ0v) is 15.4. The molecule has 1 aliphatic heterocycles. The predicted octanol–water partition coefficient (Wildman–Crippen LogP) is 4.68. The van der Waals surface area contributed by atoms with Crippen LogP contribution >= 0.6 is 11.6 Å². The third kappa shape index (κ3) is 3.63. The summed E-state index contributed by atoms with van der Waals surface area (Å²) in [5.41, 5.74) is 3.51. The van der Waals surface area contributed by atoms with Crippen molar-refractivity contribution in [3.8, 4) is 0 Å². The minimum Gasteiger partial charge on any atom is -0.462 e. The Balaban J connectivity index is 1.85. The number of unbranched alkanes of at least 4 members (excludes halogenated alkanes) is 1. The highest BCUT2D eigenvalue weighted by Crippen LogP contribution is 2.34. The molecule has 1 heterocycles. The lowest BCUT2D eigenvalue weighted by molar-refractivity contribution is -0.110. The van der Waals surface area contributed by atoms with Crippen LogP contribution in [0.3, 0.4) is 0 Å². The van der Waals surface area contributed by atoms with Gasteiger partial charge in [-0.1, -0.05) is 31.0 Å². The number of nitrogens with one attached hydrogen (secondary N) is 1. The van der Waals surface area contributed by atoms with Gasteiger partial charge in [0.25, 0.3) is 5.91 Å². The van der Waals surface area contributed by atoms with Gasteiger partial charge in [-0.25, -0.2) is 9.79 Å². The van der Waals surface area contributed by atoms with Gasteiger partial charge in [0, 0.05) is 5.56 Å². The number of hydrogen-bond acceptors (Lipinski definition) is 4. The molecule has 134 valence electrons. The van der Waals surface area contributed by atoms with Crippen molar-refractivity contribution < 1.29 is 14.3 Å². The lowest BCUT2D eigenvalue weighted by atomic mass is 10.1. The molecule has 2 aromatic carbocycles. The molecule has 5 nitrogen and oxygen atoms in total. The summed E-state index contributed by atoms with van der Waals surface area (Å²) < 4.78 is 5.18. The number of hydrogen-bond donors (Lipinski definition) is 1. The van der Waals surface area contributed by atoms with E-state index < -0.39 is 0 Å². The van der Waals surface area contributed by atoms with Crippen molar-refractivity contribution in [1.29, 1.82) is 0 Å². The number of aliphatic imine (C=N–C) groups is 1. The highest BCUT2D eigenvalue weighted by molar-refractivity contribution is 6.57. The van der Waals surface area contributed by atoms with Crippen LogP contribution in [-0.4, -0.2) is 24.2 Å². The van der Waals surface area contributed by atoms with Crippen molar-refractivity contribution in [3.05, 3.63) is 58.1 Å². The van der Waals surface area contributed by atoms with Crippen LogP contribution in [0, 0.1) is 6.92 Å². The van der Waals surface area contributed by atoms with Crippen molar-refractivity contribution in [3.63, 3.8) is 0 Å². The van der Waals surface area contributed by atoms with Crippen LogP contribution in [0.1, 0.15) is 41.3 Å². The molecule has 0 fully saturated rings. The van der Waals surface area contributed by atoms with Crippen molar-refractivity contribution in [2.75, 3.05) is 11.9 Å². The molecule has 0 atom stereocenters. The number of rotatable bonds is 5. The van der Waals surface area contributed by atoms with Crippen molar-refractivity contribution in [1.82, 2.24) is 0 Å². The Kier molecular flexibility index (Phi) is 5.38. The van der Waals surface area contributed by atoms with E-state index in [0.29, 0.717) is 34.1 Å². The largest absolute Gasteiger partial charge is 0.462 e. The second kappa shape index (κ2) is 7.70. The summed E-state index contributed by atoms with van der Waals surface area (Å²) in [6, 6.07) is 10.2. The zero-order valence-electron chi connectivity index (χ0n) is 14.6. The van der Waals surface area contributed by atoms with E-state index in [4.69, 9.17) is 16.3 Å². The molecule has 0 bridgehead atoms. The number of esters is 1. The van der Waals surface area contributed by atoms with Crippen LogP contribution < -0.4 is 5.32 Å². The maximum atomic E-state index is 12.3. The maximum Gasteiger partial charge on any atom is 0.338 e. The van der Waals surface area contributed by atoms with E-state index in [-0.39, 0.29) is 17.6 Å². The topological polar surface area (TPSA) is 67.8 Å². The van der Waals surface area contributed by atoms with E-state index in [1.807, 2.05) is 19.9 Å². The Bertz CT molecular complexity index is 889. The summed E-state index contributed by atoms with van der Waals surface area (Å²) in [6.07, 6.45) is 1.81. The third-order valence-electron chi connectivity index (χ3n) is 4.13. The number of nitrogens with zero attached hydrogens (tertiary/aromatic N) is 1. The van der Waals surface area contributed by atoms with Gasteiger partial charge in [0.1, 0.15) is 5.71 Å². The number of fused-ring (bicyclic) bond motifs is 1. The summed E-state index contributed by atoms with van der Waals surface area (Å²) in [4.78, 5) is 28.6. The molecule has 0 radical (unpaired) electrons. The fourth-order valence-corrected chi connectivity index (χ4v) is 2.91. The predicted molar refractivity (Wildman–Crippen MR) is 103 cm³/mol. The molecule has 6 heteroatoms. The SMILES string of the molecule is CCCCOC(=O)c1ccc(N=C2C(=O)Nc3c(C)ccc(Cl)c32)cc1. The lowest BCUT2D eigenvalue weighted by Gasteiger charge is -2.05. The summed E-state index contributed by atoms with van der Waals surface area (Å²) in [7, 11) is 0. The minimum absolute atomic E-state index is 0.270. The first-order valence-corrected chi connectivity index (χ1v) is 8.85. The van der Waals surface area contributed by atoms with Crippen LogP contribution in [0.2, 0.25) is 5.02 Å². The van der Waals surface area contributed by atoms with E-state index >= 15 is 0 Å². The minimum atomic E-state index is -0.361. The summed E-state index contributed by atoms with van der Waals surface area (Å²) in [5, 5.41) is 3.28. The van der Waals surface area contributed by atoms with Gasteiger partial charge in [0.2, 0.25) is 0 Å². The molecular formula is C20H19ClN2O3. The summed E-state index contributed by atoms with van der Waals surface area (Å²) in [5.74, 6) is -0.653. The molecule has 0 saturated heterocycles. The molecule has 1 N–H and O–H groups in total. The van der Waals surface area contributed by atoms with Crippen molar-refractivity contribution in [2.24, 2.45) is 4.99 Å². The number of carbonyl (C=O) groups is 2. The van der Waals surface area contributed by atoms with Gasteiger partial charge in [-0.2, -0.15) is 0 Å². The fraction of sp³-hybridized carbons (Fsp3) is 0.250. The summed E-state index contributed by atoms with van der Waals surface area (Å²) >= 11 is 6.26. The Hall–Kier alpha value is -2.66. The molecule has 1 amide bonds. The van der Waals surface area contributed by atoms with Crippen LogP contribution in [-0.2, 0) is 9.53 Å². The number of carbonyl (C=O) groups excluding carboxylic acids is 2. The first-order valence-electron chi connectivity index (χ1n) is 8.48. The third-order valence-corrected chi connectivity index (χ3v) is 4.44. The number of halogens is 1. The average Bonchev–Trinajstić information content (AvgIpc) is 2.97. The van der Waals surface area contributed by atoms with Gasteiger partial charge in [-0.05, 0) is 49.2 Å². The Morgan fingerprint density at radius 3 is 2.62 bits per heavy atom. The molecular weight excluding hydrogens is 352 g/mol. The maximum absolute atomic E-state index is 12.3. The highest BCUT2D eigenvalue weighted by atomic mass is 35.5. The van der Waals surface area contributed by atoms with Crippen LogP contribution in [0.15, 0.2) is 41.4 Å². The number of benzene rings is 2. The van der Waals surface area contributed by atoms with Gasteiger partial charge < -0.3 is 10.1 Å². The zero-order chi connectivity index (χ0) is 18.7. The molecule has 0 aliphatic carbocycles. The molecule has 2 aromatic rings. The van der Waals surface area contributed by atoms with E-state index in [1.54, 1.807) is 30.3 Å². The van der Waals surface area contributed by atoms with Gasteiger partial charge in [-0.3, -0.25) is 4.79 Å². The monoisotopic (exact) mass is 370 g/mol. The van der Waals surface area contributed by atoms with Crippen LogP contribution in [0.25, 0.3) is 0 Å². The molecule has 0 unspecified atom stereocenters. The average molecular weight is 371 g/mol. The Labute approximate surface area is 157 Å². The number of aryl methyl sites for hydroxylation is 1. The number of anilines is 1. The summed E-state index contributed by atoms with van der Waals surface area (Å²) in [6.45, 7) is 4.35. The van der Waals surface area contributed by atoms with Crippen molar-refractivity contribution in [2.45, 2.75) is 26.7 Å². The molecule has 26 heavy (non-hydrogen) atoms. The first kappa shape index (κ1) is 18.1.